The average Bonchev–Trinajstić information content (AvgIpc) is 2.57. The van der Waals surface area contributed by atoms with Crippen molar-refractivity contribution in [1.29, 1.82) is 0 Å². The van der Waals surface area contributed by atoms with Crippen molar-refractivity contribution in [2.24, 2.45) is 7.05 Å². The molecule has 24 heavy (non-hydrogen) atoms. The van der Waals surface area contributed by atoms with Crippen LogP contribution in [0.1, 0.15) is 36.3 Å². The van der Waals surface area contributed by atoms with Crippen molar-refractivity contribution in [2.75, 3.05) is 6.54 Å². The second kappa shape index (κ2) is 7.40. The number of aromatic nitrogens is 2. The topological polar surface area (TPSA) is 75.4 Å². The van der Waals surface area contributed by atoms with Crippen molar-refractivity contribution in [2.45, 2.75) is 32.4 Å². The van der Waals surface area contributed by atoms with Crippen molar-refractivity contribution in [3.05, 3.63) is 64.1 Å². The third-order valence-corrected chi connectivity index (χ3v) is 3.98. The Morgan fingerprint density at radius 2 is 1.92 bits per heavy atom. The first-order valence-electron chi connectivity index (χ1n) is 7.92. The maximum absolute atomic E-state index is 12.8. The van der Waals surface area contributed by atoms with Crippen LogP contribution in [0.25, 0.3) is 0 Å². The van der Waals surface area contributed by atoms with Gasteiger partial charge in [-0.05, 0) is 25.0 Å². The molecule has 0 saturated heterocycles. The number of amides is 1. The lowest BCUT2D eigenvalue weighted by Crippen LogP contribution is -2.43. The van der Waals surface area contributed by atoms with E-state index in [-0.39, 0.29) is 23.7 Å². The molecule has 0 bridgehead atoms. The van der Waals surface area contributed by atoms with Crippen LogP contribution in [-0.2, 0) is 13.6 Å². The van der Waals surface area contributed by atoms with E-state index in [4.69, 9.17) is 0 Å². The monoisotopic (exact) mass is 329 g/mol. The smallest absolute Gasteiger partial charge is 0.274 e. The standard InChI is InChI=1S/C18H23N3O3/c1-4-18(2,24)13-21(12-14-8-6-5-7-9-14)17(23)15-10-11-16(22)20(3)19-15/h5-11,24H,4,12-13H2,1-3H3/t18-/m1/s1. The zero-order valence-corrected chi connectivity index (χ0v) is 14.3. The fourth-order valence-electron chi connectivity index (χ4n) is 2.30. The Bertz CT molecular complexity index is 754. The van der Waals surface area contributed by atoms with Crippen molar-refractivity contribution < 1.29 is 9.90 Å². The van der Waals surface area contributed by atoms with Gasteiger partial charge in [0.1, 0.15) is 5.69 Å². The van der Waals surface area contributed by atoms with Gasteiger partial charge in [0.05, 0.1) is 5.60 Å². The predicted molar refractivity (Wildman–Crippen MR) is 91.6 cm³/mol. The van der Waals surface area contributed by atoms with Gasteiger partial charge in [-0.15, -0.1) is 0 Å². The molecule has 0 radical (unpaired) electrons. The number of hydrogen-bond donors (Lipinski definition) is 1. The summed E-state index contributed by atoms with van der Waals surface area (Å²) in [6.45, 7) is 4.12. The van der Waals surface area contributed by atoms with Gasteiger partial charge in [-0.1, -0.05) is 37.3 Å². The van der Waals surface area contributed by atoms with Crippen LogP contribution < -0.4 is 5.56 Å². The van der Waals surface area contributed by atoms with Crippen LogP contribution in [0.15, 0.2) is 47.3 Å². The normalized spacial score (nSPS) is 13.3. The molecule has 1 heterocycles. The average molecular weight is 329 g/mol. The van der Waals surface area contributed by atoms with Crippen molar-refractivity contribution in [3.8, 4) is 0 Å². The molecule has 0 fully saturated rings. The van der Waals surface area contributed by atoms with Crippen LogP contribution >= 0.6 is 0 Å². The molecule has 0 aliphatic rings. The van der Waals surface area contributed by atoms with Crippen molar-refractivity contribution in [3.63, 3.8) is 0 Å². The van der Waals surface area contributed by atoms with Crippen LogP contribution in [0.5, 0.6) is 0 Å². The summed E-state index contributed by atoms with van der Waals surface area (Å²) in [5, 5.41) is 14.4. The minimum atomic E-state index is -0.995. The Kier molecular flexibility index (Phi) is 5.51. The van der Waals surface area contributed by atoms with Gasteiger partial charge in [0.2, 0.25) is 0 Å². The maximum Gasteiger partial charge on any atom is 0.274 e. The lowest BCUT2D eigenvalue weighted by molar-refractivity contribution is 0.0132. The van der Waals surface area contributed by atoms with E-state index in [0.29, 0.717) is 13.0 Å². The van der Waals surface area contributed by atoms with Gasteiger partial charge in [-0.3, -0.25) is 9.59 Å². The van der Waals surface area contributed by atoms with Gasteiger partial charge in [-0.25, -0.2) is 4.68 Å². The van der Waals surface area contributed by atoms with Gasteiger partial charge in [-0.2, -0.15) is 5.10 Å². The second-order valence-electron chi connectivity index (χ2n) is 6.18. The fourth-order valence-corrected chi connectivity index (χ4v) is 2.30. The number of aryl methyl sites for hydroxylation is 1. The molecule has 2 aromatic rings. The molecule has 1 atom stereocenters. The number of benzene rings is 1. The minimum absolute atomic E-state index is 0.180. The van der Waals surface area contributed by atoms with Gasteiger partial charge >= 0.3 is 0 Å². The Balaban J connectivity index is 2.31. The highest BCUT2D eigenvalue weighted by molar-refractivity contribution is 5.92. The van der Waals surface area contributed by atoms with Crippen molar-refractivity contribution >= 4 is 5.91 Å². The van der Waals surface area contributed by atoms with E-state index in [9.17, 15) is 14.7 Å². The Morgan fingerprint density at radius 3 is 2.50 bits per heavy atom. The van der Waals surface area contributed by atoms with E-state index in [2.05, 4.69) is 5.10 Å². The molecular weight excluding hydrogens is 306 g/mol. The molecule has 0 spiro atoms. The SMILES string of the molecule is CC[C@@](C)(O)CN(Cc1ccccc1)C(=O)c1ccc(=O)n(C)n1. The van der Waals surface area contributed by atoms with Crippen LogP contribution in [0.4, 0.5) is 0 Å². The molecule has 0 saturated carbocycles. The molecule has 6 nitrogen and oxygen atoms in total. The molecule has 1 N–H and O–H groups in total. The minimum Gasteiger partial charge on any atom is -0.388 e. The van der Waals surface area contributed by atoms with Gasteiger partial charge in [0.25, 0.3) is 11.5 Å². The molecule has 0 aliphatic heterocycles. The zero-order chi connectivity index (χ0) is 17.7. The number of rotatable bonds is 6. The van der Waals surface area contributed by atoms with E-state index in [0.717, 1.165) is 10.2 Å². The van der Waals surface area contributed by atoms with Crippen LogP contribution in [0.3, 0.4) is 0 Å². The Hall–Kier alpha value is -2.47. The summed E-state index contributed by atoms with van der Waals surface area (Å²) in [7, 11) is 1.50. The quantitative estimate of drug-likeness (QED) is 0.873. The number of carbonyl (C=O) groups excluding carboxylic acids is 1. The maximum atomic E-state index is 12.8. The van der Waals surface area contributed by atoms with E-state index in [1.54, 1.807) is 11.8 Å². The molecule has 6 heteroatoms. The van der Waals surface area contributed by atoms with Gasteiger partial charge in [0.15, 0.2) is 0 Å². The van der Waals surface area contributed by atoms with Gasteiger partial charge in [0, 0.05) is 26.2 Å². The molecule has 1 amide bonds. The lowest BCUT2D eigenvalue weighted by Gasteiger charge is -2.31. The largest absolute Gasteiger partial charge is 0.388 e. The summed E-state index contributed by atoms with van der Waals surface area (Å²) in [6, 6.07) is 12.3. The van der Waals surface area contributed by atoms with Crippen LogP contribution in [0, 0.1) is 0 Å². The van der Waals surface area contributed by atoms with E-state index in [1.807, 2.05) is 37.3 Å². The molecular formula is C18H23N3O3. The third-order valence-electron chi connectivity index (χ3n) is 3.98. The Labute approximate surface area is 141 Å². The summed E-state index contributed by atoms with van der Waals surface area (Å²) < 4.78 is 1.13. The zero-order valence-electron chi connectivity index (χ0n) is 14.3. The third kappa shape index (κ3) is 4.52. The highest BCUT2D eigenvalue weighted by Crippen LogP contribution is 2.16. The molecule has 128 valence electrons. The van der Waals surface area contributed by atoms with Crippen molar-refractivity contribution in [1.82, 2.24) is 14.7 Å². The number of nitrogens with zero attached hydrogens (tertiary/aromatic N) is 3. The Morgan fingerprint density at radius 1 is 1.25 bits per heavy atom. The summed E-state index contributed by atoms with van der Waals surface area (Å²) in [6.07, 6.45) is 0.520. The van der Waals surface area contributed by atoms with Crippen LogP contribution in [0.2, 0.25) is 0 Å². The molecule has 0 unspecified atom stereocenters. The highest BCUT2D eigenvalue weighted by Gasteiger charge is 2.27. The molecule has 2 rings (SSSR count). The highest BCUT2D eigenvalue weighted by atomic mass is 16.3. The number of carbonyl (C=O) groups is 1. The van der Waals surface area contributed by atoms with Gasteiger partial charge < -0.3 is 10.0 Å². The first-order chi connectivity index (χ1) is 11.3. The first-order valence-corrected chi connectivity index (χ1v) is 7.92. The van der Waals surface area contributed by atoms with E-state index >= 15 is 0 Å². The second-order valence-corrected chi connectivity index (χ2v) is 6.18. The lowest BCUT2D eigenvalue weighted by atomic mass is 10.0. The molecule has 0 aliphatic carbocycles. The predicted octanol–water partition coefficient (Wildman–Crippen LogP) is 1.58. The van der Waals surface area contributed by atoms with Crippen LogP contribution in [-0.4, -0.2) is 37.8 Å². The summed E-state index contributed by atoms with van der Waals surface area (Å²) >= 11 is 0. The number of aliphatic hydroxyl groups is 1. The molecule has 1 aromatic heterocycles. The number of hydrogen-bond acceptors (Lipinski definition) is 4. The summed E-state index contributed by atoms with van der Waals surface area (Å²) in [5.41, 5.74) is -0.130. The van der Waals surface area contributed by atoms with E-state index < -0.39 is 5.60 Å². The fraction of sp³-hybridized carbons (Fsp3) is 0.389. The summed E-state index contributed by atoms with van der Waals surface area (Å²) in [5.74, 6) is -0.317. The van der Waals surface area contributed by atoms with E-state index in [1.165, 1.54) is 19.2 Å². The first kappa shape index (κ1) is 17.9. The molecule has 1 aromatic carbocycles. The summed E-state index contributed by atoms with van der Waals surface area (Å²) in [4.78, 5) is 25.9.